The molecule has 0 bridgehead atoms. The average Bonchev–Trinajstić information content (AvgIpc) is 2.96. The molecule has 0 spiro atoms. The maximum Gasteiger partial charge on any atom is 0.252 e. The molecule has 0 saturated carbocycles. The lowest BCUT2D eigenvalue weighted by Crippen LogP contribution is -2.31. The Bertz CT molecular complexity index is 933. The van der Waals surface area contributed by atoms with Crippen molar-refractivity contribution < 1.29 is 4.79 Å². The van der Waals surface area contributed by atoms with Crippen molar-refractivity contribution in [2.45, 2.75) is 40.7 Å². The van der Waals surface area contributed by atoms with Crippen molar-refractivity contribution >= 4 is 29.0 Å². The molecule has 0 saturated heterocycles. The van der Waals surface area contributed by atoms with Crippen LogP contribution in [0.1, 0.15) is 37.5 Å². The zero-order chi connectivity index (χ0) is 18.8. The average molecular weight is 372 g/mol. The third-order valence-electron chi connectivity index (χ3n) is 3.98. The molecule has 2 aromatic heterocycles. The molecule has 0 unspecified atom stereocenters. The van der Waals surface area contributed by atoms with Crippen LogP contribution in [0.5, 0.6) is 0 Å². The Hall–Kier alpha value is -2.47. The van der Waals surface area contributed by atoms with E-state index in [1.807, 2.05) is 45.9 Å². The highest BCUT2D eigenvalue weighted by molar-refractivity contribution is 6.30. The van der Waals surface area contributed by atoms with Crippen LogP contribution in [0, 0.1) is 19.8 Å². The standard InChI is InChI=1S/C19H22ClN5O/c1-12(2)9-18(26)24(16-7-5-15(20)6-8-16)11-17-22-19-21-13(3)10-14(4)25(19)23-17/h5-8,10,12H,9,11H2,1-4H3. The number of hydrogen-bond donors (Lipinski definition) is 0. The van der Waals surface area contributed by atoms with Crippen LogP contribution in [0.25, 0.3) is 5.78 Å². The van der Waals surface area contributed by atoms with Crippen LogP contribution in [-0.4, -0.2) is 25.5 Å². The molecule has 0 aliphatic rings. The number of aromatic nitrogens is 4. The van der Waals surface area contributed by atoms with Crippen LogP contribution in [0.3, 0.4) is 0 Å². The molecule has 0 fully saturated rings. The second kappa shape index (κ2) is 7.41. The fraction of sp³-hybridized carbons (Fsp3) is 0.368. The molecule has 26 heavy (non-hydrogen) atoms. The van der Waals surface area contributed by atoms with E-state index < -0.39 is 0 Å². The predicted molar refractivity (Wildman–Crippen MR) is 102 cm³/mol. The van der Waals surface area contributed by atoms with Crippen molar-refractivity contribution in [1.82, 2.24) is 19.6 Å². The summed E-state index contributed by atoms with van der Waals surface area (Å²) in [6.07, 6.45) is 0.451. The van der Waals surface area contributed by atoms with E-state index in [1.165, 1.54) is 0 Å². The Kier molecular flexibility index (Phi) is 5.23. The molecule has 7 heteroatoms. The first-order chi connectivity index (χ1) is 12.3. The highest BCUT2D eigenvalue weighted by Crippen LogP contribution is 2.22. The van der Waals surface area contributed by atoms with Gasteiger partial charge in [-0.05, 0) is 50.1 Å². The molecule has 3 aromatic rings. The zero-order valence-corrected chi connectivity index (χ0v) is 16.2. The topological polar surface area (TPSA) is 63.4 Å². The molecule has 0 radical (unpaired) electrons. The lowest BCUT2D eigenvalue weighted by molar-refractivity contribution is -0.119. The van der Waals surface area contributed by atoms with Gasteiger partial charge in [-0.3, -0.25) is 4.79 Å². The van der Waals surface area contributed by atoms with Crippen LogP contribution in [0.15, 0.2) is 30.3 Å². The van der Waals surface area contributed by atoms with Gasteiger partial charge in [0.2, 0.25) is 5.91 Å². The second-order valence-corrected chi connectivity index (χ2v) is 7.27. The number of fused-ring (bicyclic) bond motifs is 1. The second-order valence-electron chi connectivity index (χ2n) is 6.83. The third kappa shape index (κ3) is 4.02. The van der Waals surface area contributed by atoms with Gasteiger partial charge < -0.3 is 4.90 Å². The van der Waals surface area contributed by atoms with Crippen molar-refractivity contribution in [2.75, 3.05) is 4.90 Å². The number of halogens is 1. The first kappa shape index (κ1) is 18.3. The normalized spacial score (nSPS) is 11.3. The van der Waals surface area contributed by atoms with Crippen LogP contribution in [-0.2, 0) is 11.3 Å². The molecule has 6 nitrogen and oxygen atoms in total. The van der Waals surface area contributed by atoms with Gasteiger partial charge in [-0.15, -0.1) is 5.10 Å². The SMILES string of the molecule is Cc1cc(C)n2nc(CN(C(=O)CC(C)C)c3ccc(Cl)cc3)nc2n1. The Morgan fingerprint density at radius 3 is 2.54 bits per heavy atom. The smallest absolute Gasteiger partial charge is 0.252 e. The number of carbonyl (C=O) groups excluding carboxylic acids is 1. The van der Waals surface area contributed by atoms with E-state index in [0.717, 1.165) is 17.1 Å². The highest BCUT2D eigenvalue weighted by Gasteiger charge is 2.20. The summed E-state index contributed by atoms with van der Waals surface area (Å²) in [4.78, 5) is 23.4. The van der Waals surface area contributed by atoms with Gasteiger partial charge in [-0.25, -0.2) is 9.50 Å². The van der Waals surface area contributed by atoms with Crippen molar-refractivity contribution in [3.63, 3.8) is 0 Å². The van der Waals surface area contributed by atoms with Crippen molar-refractivity contribution in [3.8, 4) is 0 Å². The monoisotopic (exact) mass is 371 g/mol. The predicted octanol–water partition coefficient (Wildman–Crippen LogP) is 3.97. The highest BCUT2D eigenvalue weighted by atomic mass is 35.5. The molecule has 0 N–H and O–H groups in total. The van der Waals surface area contributed by atoms with E-state index in [2.05, 4.69) is 15.1 Å². The number of aryl methyl sites for hydroxylation is 2. The summed E-state index contributed by atoms with van der Waals surface area (Å²) in [6.45, 7) is 8.22. The summed E-state index contributed by atoms with van der Waals surface area (Å²) in [5, 5.41) is 5.15. The maximum atomic E-state index is 12.8. The fourth-order valence-electron chi connectivity index (χ4n) is 2.82. The van der Waals surface area contributed by atoms with Crippen LogP contribution >= 0.6 is 11.6 Å². The zero-order valence-electron chi connectivity index (χ0n) is 15.4. The lowest BCUT2D eigenvalue weighted by Gasteiger charge is -2.22. The van der Waals surface area contributed by atoms with Crippen LogP contribution in [0.2, 0.25) is 5.02 Å². The molecule has 1 amide bonds. The van der Waals surface area contributed by atoms with Crippen molar-refractivity contribution in [2.24, 2.45) is 5.92 Å². The molecule has 0 aliphatic heterocycles. The van der Waals surface area contributed by atoms with E-state index in [-0.39, 0.29) is 18.4 Å². The van der Waals surface area contributed by atoms with E-state index in [0.29, 0.717) is 23.0 Å². The molecular formula is C19H22ClN5O. The molecule has 1 aromatic carbocycles. The van der Waals surface area contributed by atoms with Gasteiger partial charge in [0.25, 0.3) is 5.78 Å². The first-order valence-electron chi connectivity index (χ1n) is 8.59. The van der Waals surface area contributed by atoms with E-state index >= 15 is 0 Å². The summed E-state index contributed by atoms with van der Waals surface area (Å²) in [5.74, 6) is 1.39. The maximum absolute atomic E-state index is 12.8. The number of nitrogens with zero attached hydrogens (tertiary/aromatic N) is 5. The Labute approximate surface area is 157 Å². The summed E-state index contributed by atoms with van der Waals surface area (Å²) in [6, 6.07) is 9.18. The summed E-state index contributed by atoms with van der Waals surface area (Å²) >= 11 is 5.99. The fourth-order valence-corrected chi connectivity index (χ4v) is 2.95. The third-order valence-corrected chi connectivity index (χ3v) is 4.24. The van der Waals surface area contributed by atoms with Gasteiger partial charge in [-0.2, -0.15) is 4.98 Å². The largest absolute Gasteiger partial charge is 0.305 e. The lowest BCUT2D eigenvalue weighted by atomic mass is 10.1. The van der Waals surface area contributed by atoms with E-state index in [4.69, 9.17) is 11.6 Å². The van der Waals surface area contributed by atoms with Crippen molar-refractivity contribution in [3.05, 3.63) is 52.6 Å². The van der Waals surface area contributed by atoms with Gasteiger partial charge >= 0.3 is 0 Å². The molecule has 2 heterocycles. The number of carbonyl (C=O) groups is 1. The molecular weight excluding hydrogens is 350 g/mol. The first-order valence-corrected chi connectivity index (χ1v) is 8.97. The quantitative estimate of drug-likeness (QED) is 0.680. The minimum absolute atomic E-state index is 0.0297. The summed E-state index contributed by atoms with van der Waals surface area (Å²) in [7, 11) is 0. The molecule has 136 valence electrons. The van der Waals surface area contributed by atoms with Gasteiger partial charge in [0.1, 0.15) is 0 Å². The number of amides is 1. The van der Waals surface area contributed by atoms with Crippen LogP contribution in [0.4, 0.5) is 5.69 Å². The number of rotatable bonds is 5. The summed E-state index contributed by atoms with van der Waals surface area (Å²) < 4.78 is 1.70. The summed E-state index contributed by atoms with van der Waals surface area (Å²) in [5.41, 5.74) is 2.62. The van der Waals surface area contributed by atoms with Crippen LogP contribution < -0.4 is 4.90 Å². The van der Waals surface area contributed by atoms with Gasteiger partial charge in [-0.1, -0.05) is 25.4 Å². The number of hydrogen-bond acceptors (Lipinski definition) is 4. The molecule has 3 rings (SSSR count). The van der Waals surface area contributed by atoms with Gasteiger partial charge in [0.15, 0.2) is 5.82 Å². The Balaban J connectivity index is 1.95. The Morgan fingerprint density at radius 2 is 1.88 bits per heavy atom. The van der Waals surface area contributed by atoms with Crippen molar-refractivity contribution in [1.29, 1.82) is 0 Å². The minimum atomic E-state index is 0.0297. The molecule has 0 atom stereocenters. The van der Waals surface area contributed by atoms with Gasteiger partial charge in [0.05, 0.1) is 6.54 Å². The minimum Gasteiger partial charge on any atom is -0.305 e. The molecule has 0 aliphatic carbocycles. The van der Waals surface area contributed by atoms with E-state index in [1.54, 1.807) is 21.5 Å². The van der Waals surface area contributed by atoms with Gasteiger partial charge in [0, 0.05) is 28.5 Å². The Morgan fingerprint density at radius 1 is 1.19 bits per heavy atom. The van der Waals surface area contributed by atoms with E-state index in [9.17, 15) is 4.79 Å². The number of benzene rings is 1. The number of anilines is 1.